The van der Waals surface area contributed by atoms with Crippen molar-refractivity contribution in [1.82, 2.24) is 4.98 Å². The monoisotopic (exact) mass is 265 g/mol. The molecular weight excluding hydrogens is 253 g/mol. The van der Waals surface area contributed by atoms with Crippen molar-refractivity contribution < 1.29 is 13.9 Å². The lowest BCUT2D eigenvalue weighted by atomic mass is 10.1. The Morgan fingerprint density at radius 3 is 2.89 bits per heavy atom. The number of hydrogen-bond donors (Lipinski definition) is 0. The van der Waals surface area contributed by atoms with Gasteiger partial charge in [-0.25, -0.2) is 9.18 Å². The molecule has 0 saturated heterocycles. The van der Waals surface area contributed by atoms with Gasteiger partial charge in [0.05, 0.1) is 17.7 Å². The molecule has 0 radical (unpaired) electrons. The molecule has 0 unspecified atom stereocenters. The van der Waals surface area contributed by atoms with Gasteiger partial charge in [-0.05, 0) is 31.4 Å². The summed E-state index contributed by atoms with van der Waals surface area (Å²) in [7, 11) is 0. The first-order valence-corrected chi connectivity index (χ1v) is 6.68. The summed E-state index contributed by atoms with van der Waals surface area (Å²) < 4.78 is 18.5. The molecule has 5 heteroatoms. The molecule has 0 atom stereocenters. The smallest absolute Gasteiger partial charge is 0.339 e. The van der Waals surface area contributed by atoms with Crippen molar-refractivity contribution >= 4 is 28.6 Å². The van der Waals surface area contributed by atoms with Crippen LogP contribution in [0.1, 0.15) is 17.3 Å². The topological polar surface area (TPSA) is 39.2 Å². The van der Waals surface area contributed by atoms with Crippen molar-refractivity contribution in [1.29, 1.82) is 0 Å². The summed E-state index contributed by atoms with van der Waals surface area (Å²) in [5, 5.41) is 0.593. The number of fused-ring (bicyclic) bond motifs is 1. The summed E-state index contributed by atoms with van der Waals surface area (Å²) in [5.74, 6) is -0.751. The van der Waals surface area contributed by atoms with Crippen LogP contribution in [-0.4, -0.2) is 23.8 Å². The van der Waals surface area contributed by atoms with Crippen LogP contribution in [0.4, 0.5) is 4.39 Å². The third-order valence-electron chi connectivity index (χ3n) is 2.47. The van der Waals surface area contributed by atoms with Crippen LogP contribution in [0.15, 0.2) is 29.3 Å². The molecule has 1 heterocycles. The number of ether oxygens (including phenoxy) is 1. The van der Waals surface area contributed by atoms with E-state index in [-0.39, 0.29) is 5.82 Å². The minimum absolute atomic E-state index is 0.302. The van der Waals surface area contributed by atoms with Crippen LogP contribution in [0.5, 0.6) is 0 Å². The highest BCUT2D eigenvalue weighted by Crippen LogP contribution is 2.25. The Labute approximate surface area is 108 Å². The lowest BCUT2D eigenvalue weighted by Crippen LogP contribution is -2.05. The minimum Gasteiger partial charge on any atom is -0.462 e. The molecule has 18 heavy (non-hydrogen) atoms. The second-order valence-electron chi connectivity index (χ2n) is 3.62. The maximum absolute atomic E-state index is 13.6. The van der Waals surface area contributed by atoms with Gasteiger partial charge in [0.25, 0.3) is 0 Å². The minimum atomic E-state index is -0.443. The number of hydrogen-bond acceptors (Lipinski definition) is 4. The molecular formula is C13H12FNO2S. The van der Waals surface area contributed by atoms with Gasteiger partial charge in [0.1, 0.15) is 5.82 Å². The average molecular weight is 265 g/mol. The lowest BCUT2D eigenvalue weighted by molar-refractivity contribution is 0.0526. The predicted molar refractivity (Wildman–Crippen MR) is 69.4 cm³/mol. The van der Waals surface area contributed by atoms with E-state index in [1.54, 1.807) is 25.3 Å². The molecule has 0 spiro atoms. The Bertz CT molecular complexity index is 601. The Balaban J connectivity index is 2.49. The number of thioether (sulfide) groups is 1. The molecule has 0 aliphatic heterocycles. The zero-order valence-electron chi connectivity index (χ0n) is 10.1. The highest BCUT2D eigenvalue weighted by Gasteiger charge is 2.10. The van der Waals surface area contributed by atoms with E-state index in [0.717, 1.165) is 0 Å². The van der Waals surface area contributed by atoms with Gasteiger partial charge in [-0.15, -0.1) is 11.8 Å². The summed E-state index contributed by atoms with van der Waals surface area (Å²) in [4.78, 5) is 16.2. The molecule has 2 rings (SSSR count). The van der Waals surface area contributed by atoms with Crippen LogP contribution in [0, 0.1) is 5.82 Å². The normalized spacial score (nSPS) is 10.6. The number of benzene rings is 1. The first kappa shape index (κ1) is 12.8. The van der Waals surface area contributed by atoms with Crippen molar-refractivity contribution in [2.45, 2.75) is 11.8 Å². The number of pyridine rings is 1. The molecule has 0 N–H and O–H groups in total. The van der Waals surface area contributed by atoms with E-state index in [4.69, 9.17) is 4.74 Å². The summed E-state index contributed by atoms with van der Waals surface area (Å²) in [6.07, 6.45) is 3.25. The quantitative estimate of drug-likeness (QED) is 0.630. The number of halogens is 1. The zero-order valence-corrected chi connectivity index (χ0v) is 10.9. The van der Waals surface area contributed by atoms with Gasteiger partial charge in [0.2, 0.25) is 0 Å². The third-order valence-corrected chi connectivity index (χ3v) is 3.22. The van der Waals surface area contributed by atoms with E-state index in [0.29, 0.717) is 28.0 Å². The Morgan fingerprint density at radius 1 is 1.44 bits per heavy atom. The number of carbonyl (C=O) groups is 1. The van der Waals surface area contributed by atoms with E-state index >= 15 is 0 Å². The summed E-state index contributed by atoms with van der Waals surface area (Å²) >= 11 is 1.32. The van der Waals surface area contributed by atoms with Crippen LogP contribution in [-0.2, 0) is 4.74 Å². The van der Waals surface area contributed by atoms with Crippen LogP contribution >= 0.6 is 11.8 Å². The van der Waals surface area contributed by atoms with E-state index < -0.39 is 5.97 Å². The van der Waals surface area contributed by atoms with Crippen molar-refractivity contribution in [2.24, 2.45) is 0 Å². The highest BCUT2D eigenvalue weighted by atomic mass is 32.2. The van der Waals surface area contributed by atoms with E-state index in [9.17, 15) is 9.18 Å². The van der Waals surface area contributed by atoms with E-state index in [1.807, 2.05) is 0 Å². The number of esters is 1. The van der Waals surface area contributed by atoms with E-state index in [1.165, 1.54) is 24.0 Å². The second kappa shape index (κ2) is 5.35. The third kappa shape index (κ3) is 2.46. The van der Waals surface area contributed by atoms with Crippen molar-refractivity contribution in [3.05, 3.63) is 35.8 Å². The summed E-state index contributed by atoms with van der Waals surface area (Å²) in [6.45, 7) is 2.04. The first-order valence-electron chi connectivity index (χ1n) is 5.46. The lowest BCUT2D eigenvalue weighted by Gasteiger charge is -2.05. The number of aromatic nitrogens is 1. The average Bonchev–Trinajstić information content (AvgIpc) is 2.37. The molecule has 0 bridgehead atoms. The standard InChI is InChI=1S/C13H12FNO2S/c1-3-17-13(16)9-4-8-5-10(14)12(18-2)6-11(8)15-7-9/h4-7H,3H2,1-2H3. The first-order chi connectivity index (χ1) is 8.65. The Hall–Kier alpha value is -1.62. The second-order valence-corrected chi connectivity index (χ2v) is 4.47. The largest absolute Gasteiger partial charge is 0.462 e. The maximum atomic E-state index is 13.6. The van der Waals surface area contributed by atoms with Crippen LogP contribution in [0.3, 0.4) is 0 Å². The summed E-state index contributed by atoms with van der Waals surface area (Å²) in [5.41, 5.74) is 0.995. The highest BCUT2D eigenvalue weighted by molar-refractivity contribution is 7.98. The molecule has 3 nitrogen and oxygen atoms in total. The molecule has 2 aromatic rings. The predicted octanol–water partition coefficient (Wildman–Crippen LogP) is 3.27. The molecule has 0 amide bonds. The number of carbonyl (C=O) groups excluding carboxylic acids is 1. The molecule has 1 aromatic heterocycles. The fourth-order valence-electron chi connectivity index (χ4n) is 1.61. The van der Waals surface area contributed by atoms with Gasteiger partial charge < -0.3 is 4.74 Å². The van der Waals surface area contributed by atoms with Crippen molar-refractivity contribution in [3.63, 3.8) is 0 Å². The van der Waals surface area contributed by atoms with Gasteiger partial charge in [-0.1, -0.05) is 0 Å². The van der Waals surface area contributed by atoms with Gasteiger partial charge >= 0.3 is 5.97 Å². The zero-order chi connectivity index (χ0) is 13.1. The van der Waals surface area contributed by atoms with Gasteiger partial charge in [-0.2, -0.15) is 0 Å². The van der Waals surface area contributed by atoms with Crippen molar-refractivity contribution in [3.8, 4) is 0 Å². The van der Waals surface area contributed by atoms with Gasteiger partial charge in [0.15, 0.2) is 0 Å². The fourth-order valence-corrected chi connectivity index (χ4v) is 2.10. The Morgan fingerprint density at radius 2 is 2.22 bits per heavy atom. The molecule has 0 aliphatic rings. The fraction of sp³-hybridized carbons (Fsp3) is 0.231. The summed E-state index contributed by atoms with van der Waals surface area (Å²) in [6, 6.07) is 4.65. The molecule has 0 aliphatic carbocycles. The number of rotatable bonds is 3. The van der Waals surface area contributed by atoms with Crippen LogP contribution in [0.25, 0.3) is 10.9 Å². The number of nitrogens with zero attached hydrogens (tertiary/aromatic N) is 1. The SMILES string of the molecule is CCOC(=O)c1cnc2cc(SC)c(F)cc2c1. The van der Waals surface area contributed by atoms with Crippen LogP contribution in [0.2, 0.25) is 0 Å². The Kier molecular flexibility index (Phi) is 3.81. The molecule has 94 valence electrons. The van der Waals surface area contributed by atoms with Crippen molar-refractivity contribution in [2.75, 3.05) is 12.9 Å². The van der Waals surface area contributed by atoms with Crippen LogP contribution < -0.4 is 0 Å². The van der Waals surface area contributed by atoms with E-state index in [2.05, 4.69) is 4.98 Å². The molecule has 0 saturated carbocycles. The van der Waals surface area contributed by atoms with Gasteiger partial charge in [0, 0.05) is 16.5 Å². The molecule has 0 fully saturated rings. The van der Waals surface area contributed by atoms with Gasteiger partial charge in [-0.3, -0.25) is 4.98 Å². The maximum Gasteiger partial charge on any atom is 0.339 e. The molecule has 1 aromatic carbocycles.